The zero-order valence-corrected chi connectivity index (χ0v) is 10.9. The SMILES string of the molecule is CCNC(N)=NCc1ccccc1OCC1CC1. The lowest BCUT2D eigenvalue weighted by atomic mass is 10.2. The Hall–Kier alpha value is -1.71. The molecule has 1 aliphatic carbocycles. The van der Waals surface area contributed by atoms with Gasteiger partial charge in [0.1, 0.15) is 5.75 Å². The van der Waals surface area contributed by atoms with E-state index < -0.39 is 0 Å². The number of guanidine groups is 1. The quantitative estimate of drug-likeness (QED) is 0.596. The minimum atomic E-state index is 0.481. The van der Waals surface area contributed by atoms with Crippen LogP contribution in [0, 0.1) is 5.92 Å². The number of rotatable bonds is 6. The minimum Gasteiger partial charge on any atom is -0.493 e. The maximum atomic E-state index is 5.82. The Morgan fingerprint density at radius 2 is 2.22 bits per heavy atom. The molecule has 1 fully saturated rings. The van der Waals surface area contributed by atoms with E-state index >= 15 is 0 Å². The summed E-state index contributed by atoms with van der Waals surface area (Å²) in [6.45, 7) is 4.16. The van der Waals surface area contributed by atoms with Crippen molar-refractivity contribution in [2.75, 3.05) is 13.2 Å². The van der Waals surface area contributed by atoms with Crippen LogP contribution in [0.15, 0.2) is 29.3 Å². The van der Waals surface area contributed by atoms with Gasteiger partial charge in [-0.25, -0.2) is 4.99 Å². The maximum Gasteiger partial charge on any atom is 0.188 e. The Bertz CT molecular complexity index is 413. The molecule has 0 heterocycles. The molecule has 2 rings (SSSR count). The molecular weight excluding hydrogens is 226 g/mol. The molecule has 0 spiro atoms. The van der Waals surface area contributed by atoms with Crippen molar-refractivity contribution in [3.63, 3.8) is 0 Å². The number of nitrogens with one attached hydrogen (secondary N) is 1. The molecule has 3 N–H and O–H groups in total. The number of para-hydroxylation sites is 1. The number of nitrogens with zero attached hydrogens (tertiary/aromatic N) is 1. The molecule has 1 aromatic rings. The largest absolute Gasteiger partial charge is 0.493 e. The van der Waals surface area contributed by atoms with Crippen molar-refractivity contribution in [2.24, 2.45) is 16.6 Å². The molecule has 0 bridgehead atoms. The van der Waals surface area contributed by atoms with Crippen LogP contribution in [0.3, 0.4) is 0 Å². The van der Waals surface area contributed by atoms with Gasteiger partial charge in [-0.1, -0.05) is 18.2 Å². The van der Waals surface area contributed by atoms with E-state index in [-0.39, 0.29) is 0 Å². The summed E-state index contributed by atoms with van der Waals surface area (Å²) < 4.78 is 5.82. The van der Waals surface area contributed by atoms with Crippen LogP contribution >= 0.6 is 0 Å². The first-order valence-corrected chi connectivity index (χ1v) is 6.54. The van der Waals surface area contributed by atoms with Crippen LogP contribution in [0.2, 0.25) is 0 Å². The number of benzene rings is 1. The fraction of sp³-hybridized carbons (Fsp3) is 0.500. The summed E-state index contributed by atoms with van der Waals surface area (Å²) in [5.74, 6) is 2.17. The van der Waals surface area contributed by atoms with Gasteiger partial charge in [0.2, 0.25) is 0 Å². The average molecular weight is 247 g/mol. The van der Waals surface area contributed by atoms with E-state index in [2.05, 4.69) is 10.3 Å². The minimum absolute atomic E-state index is 0.481. The van der Waals surface area contributed by atoms with Gasteiger partial charge >= 0.3 is 0 Å². The van der Waals surface area contributed by atoms with Crippen LogP contribution < -0.4 is 15.8 Å². The van der Waals surface area contributed by atoms with Gasteiger partial charge in [0.25, 0.3) is 0 Å². The lowest BCUT2D eigenvalue weighted by Crippen LogP contribution is -2.31. The summed E-state index contributed by atoms with van der Waals surface area (Å²) in [6, 6.07) is 8.02. The van der Waals surface area contributed by atoms with Gasteiger partial charge < -0.3 is 15.8 Å². The van der Waals surface area contributed by atoms with Gasteiger partial charge in [0.05, 0.1) is 13.2 Å². The molecule has 4 nitrogen and oxygen atoms in total. The fourth-order valence-corrected chi connectivity index (χ4v) is 1.67. The molecule has 1 aromatic carbocycles. The third-order valence-electron chi connectivity index (χ3n) is 2.92. The average Bonchev–Trinajstić information content (AvgIpc) is 3.19. The normalized spacial score (nSPS) is 15.5. The molecule has 1 aliphatic rings. The van der Waals surface area contributed by atoms with E-state index in [0.29, 0.717) is 12.5 Å². The Morgan fingerprint density at radius 3 is 2.94 bits per heavy atom. The Kier molecular flexibility index (Phi) is 4.45. The predicted octanol–water partition coefficient (Wildman–Crippen LogP) is 1.90. The van der Waals surface area contributed by atoms with E-state index in [1.807, 2.05) is 31.2 Å². The lowest BCUT2D eigenvalue weighted by Gasteiger charge is -2.10. The van der Waals surface area contributed by atoms with Crippen LogP contribution in [-0.4, -0.2) is 19.1 Å². The maximum absolute atomic E-state index is 5.82. The molecule has 0 saturated heterocycles. The first kappa shape index (κ1) is 12.7. The Labute approximate surface area is 108 Å². The molecule has 98 valence electrons. The highest BCUT2D eigenvalue weighted by molar-refractivity contribution is 5.77. The van der Waals surface area contributed by atoms with Crippen LogP contribution in [-0.2, 0) is 6.54 Å². The first-order chi connectivity index (χ1) is 8.79. The zero-order valence-electron chi connectivity index (χ0n) is 10.9. The van der Waals surface area contributed by atoms with Crippen molar-refractivity contribution in [3.8, 4) is 5.75 Å². The number of hydrogen-bond acceptors (Lipinski definition) is 2. The van der Waals surface area contributed by atoms with Crippen LogP contribution in [0.25, 0.3) is 0 Å². The van der Waals surface area contributed by atoms with E-state index in [1.54, 1.807) is 0 Å². The molecule has 0 atom stereocenters. The molecule has 0 amide bonds. The highest BCUT2D eigenvalue weighted by Gasteiger charge is 2.22. The van der Waals surface area contributed by atoms with Crippen LogP contribution in [0.1, 0.15) is 25.3 Å². The summed E-state index contributed by atoms with van der Waals surface area (Å²) in [7, 11) is 0. The molecule has 0 aromatic heterocycles. The number of hydrogen-bond donors (Lipinski definition) is 2. The van der Waals surface area contributed by atoms with Crippen LogP contribution in [0.5, 0.6) is 5.75 Å². The van der Waals surface area contributed by atoms with E-state index in [9.17, 15) is 0 Å². The van der Waals surface area contributed by atoms with Crippen molar-refractivity contribution in [1.82, 2.24) is 5.32 Å². The molecule has 0 aliphatic heterocycles. The molecule has 1 saturated carbocycles. The van der Waals surface area contributed by atoms with Gasteiger partial charge in [-0.05, 0) is 31.7 Å². The second-order valence-electron chi connectivity index (χ2n) is 4.59. The summed E-state index contributed by atoms with van der Waals surface area (Å²) in [6.07, 6.45) is 2.60. The van der Waals surface area contributed by atoms with E-state index in [1.165, 1.54) is 12.8 Å². The second-order valence-corrected chi connectivity index (χ2v) is 4.59. The Balaban J connectivity index is 1.95. The first-order valence-electron chi connectivity index (χ1n) is 6.54. The predicted molar refractivity (Wildman–Crippen MR) is 73.7 cm³/mol. The fourth-order valence-electron chi connectivity index (χ4n) is 1.67. The summed E-state index contributed by atoms with van der Waals surface area (Å²) in [5.41, 5.74) is 6.79. The molecule has 4 heteroatoms. The standard InChI is InChI=1S/C14H21N3O/c1-2-16-14(15)17-9-12-5-3-4-6-13(12)18-10-11-7-8-11/h3-6,11H,2,7-10H2,1H3,(H3,15,16,17). The molecule has 0 radical (unpaired) electrons. The zero-order chi connectivity index (χ0) is 12.8. The number of aliphatic imine (C=N–C) groups is 1. The van der Waals surface area contributed by atoms with Crippen molar-refractivity contribution in [3.05, 3.63) is 29.8 Å². The lowest BCUT2D eigenvalue weighted by molar-refractivity contribution is 0.297. The van der Waals surface area contributed by atoms with Gasteiger partial charge in [-0.3, -0.25) is 0 Å². The second kappa shape index (κ2) is 6.28. The van der Waals surface area contributed by atoms with E-state index in [0.717, 1.165) is 30.4 Å². The van der Waals surface area contributed by atoms with Crippen molar-refractivity contribution in [1.29, 1.82) is 0 Å². The third-order valence-corrected chi connectivity index (χ3v) is 2.92. The van der Waals surface area contributed by atoms with Gasteiger partial charge in [-0.15, -0.1) is 0 Å². The van der Waals surface area contributed by atoms with E-state index in [4.69, 9.17) is 10.5 Å². The smallest absolute Gasteiger partial charge is 0.188 e. The highest BCUT2D eigenvalue weighted by atomic mass is 16.5. The molecule has 0 unspecified atom stereocenters. The molecule has 18 heavy (non-hydrogen) atoms. The monoisotopic (exact) mass is 247 g/mol. The van der Waals surface area contributed by atoms with Crippen molar-refractivity contribution < 1.29 is 4.74 Å². The summed E-state index contributed by atoms with van der Waals surface area (Å²) in [5, 5.41) is 2.98. The third kappa shape index (κ3) is 3.95. The topological polar surface area (TPSA) is 59.6 Å². The van der Waals surface area contributed by atoms with Gasteiger partial charge in [-0.2, -0.15) is 0 Å². The summed E-state index contributed by atoms with van der Waals surface area (Å²) >= 11 is 0. The van der Waals surface area contributed by atoms with Crippen molar-refractivity contribution >= 4 is 5.96 Å². The van der Waals surface area contributed by atoms with Crippen molar-refractivity contribution in [2.45, 2.75) is 26.3 Å². The van der Waals surface area contributed by atoms with Crippen LogP contribution in [0.4, 0.5) is 0 Å². The number of ether oxygens (including phenoxy) is 1. The highest BCUT2D eigenvalue weighted by Crippen LogP contribution is 2.30. The summed E-state index contributed by atoms with van der Waals surface area (Å²) in [4.78, 5) is 4.29. The molecular formula is C14H21N3O. The van der Waals surface area contributed by atoms with Gasteiger partial charge in [0, 0.05) is 12.1 Å². The number of nitrogens with two attached hydrogens (primary N) is 1. The van der Waals surface area contributed by atoms with Gasteiger partial charge in [0.15, 0.2) is 5.96 Å². The Morgan fingerprint density at radius 1 is 1.44 bits per heavy atom.